The minimum absolute atomic E-state index is 0.0922. The molecule has 0 atom stereocenters. The first-order chi connectivity index (χ1) is 7.52. The van der Waals surface area contributed by atoms with Crippen LogP contribution < -0.4 is 0 Å². The highest BCUT2D eigenvalue weighted by molar-refractivity contribution is 5.97. The van der Waals surface area contributed by atoms with E-state index in [9.17, 15) is 9.59 Å². The number of hydrogen-bond acceptors (Lipinski definition) is 4. The lowest BCUT2D eigenvalue weighted by atomic mass is 10.1. The molecule has 1 heterocycles. The van der Waals surface area contributed by atoms with Gasteiger partial charge in [0.25, 0.3) is 0 Å². The van der Waals surface area contributed by atoms with Gasteiger partial charge in [-0.05, 0) is 12.8 Å². The Morgan fingerprint density at radius 3 is 2.62 bits per heavy atom. The van der Waals surface area contributed by atoms with Crippen molar-refractivity contribution < 1.29 is 14.3 Å². The predicted octanol–water partition coefficient (Wildman–Crippen LogP) is 1.53. The molecule has 0 amide bonds. The number of nitrogens with zero attached hydrogens (tertiary/aromatic N) is 2. The summed E-state index contributed by atoms with van der Waals surface area (Å²) < 4.78 is 6.29. The van der Waals surface area contributed by atoms with Gasteiger partial charge in [0.15, 0.2) is 12.0 Å². The second-order valence-electron chi connectivity index (χ2n) is 3.76. The van der Waals surface area contributed by atoms with Gasteiger partial charge in [0.2, 0.25) is 0 Å². The van der Waals surface area contributed by atoms with Crippen molar-refractivity contribution in [2.45, 2.75) is 26.7 Å². The van der Waals surface area contributed by atoms with E-state index >= 15 is 0 Å². The Bertz CT molecular complexity index is 408. The van der Waals surface area contributed by atoms with Crippen molar-refractivity contribution in [2.75, 3.05) is 6.61 Å². The zero-order valence-corrected chi connectivity index (χ0v) is 9.98. The predicted molar refractivity (Wildman–Crippen MR) is 58.6 cm³/mol. The van der Waals surface area contributed by atoms with Gasteiger partial charge in [-0.3, -0.25) is 9.48 Å². The van der Waals surface area contributed by atoms with E-state index in [0.29, 0.717) is 17.5 Å². The molecular formula is C11H16N2O3. The van der Waals surface area contributed by atoms with E-state index in [1.54, 1.807) is 14.0 Å². The number of ether oxygens (including phenoxy) is 1. The van der Waals surface area contributed by atoms with Gasteiger partial charge in [0.05, 0.1) is 17.9 Å². The maximum Gasteiger partial charge on any atom is 0.357 e. The summed E-state index contributed by atoms with van der Waals surface area (Å²) in [5.74, 6) is -0.416. The Morgan fingerprint density at radius 2 is 2.19 bits per heavy atom. The first kappa shape index (κ1) is 12.4. The smallest absolute Gasteiger partial charge is 0.357 e. The van der Waals surface area contributed by atoms with E-state index < -0.39 is 5.97 Å². The fraction of sp³-hybridized carbons (Fsp3) is 0.545. The van der Waals surface area contributed by atoms with Crippen LogP contribution in [0.5, 0.6) is 0 Å². The molecular weight excluding hydrogens is 208 g/mol. The number of aldehydes is 1. The van der Waals surface area contributed by atoms with Crippen molar-refractivity contribution in [3.05, 3.63) is 17.0 Å². The molecule has 1 aromatic heterocycles. The molecule has 5 heteroatoms. The van der Waals surface area contributed by atoms with Gasteiger partial charge in [0, 0.05) is 7.05 Å². The summed E-state index contributed by atoms with van der Waals surface area (Å²) >= 11 is 0. The molecule has 0 fully saturated rings. The summed E-state index contributed by atoms with van der Waals surface area (Å²) in [4.78, 5) is 22.7. The fourth-order valence-corrected chi connectivity index (χ4v) is 1.55. The van der Waals surface area contributed by atoms with Crippen molar-refractivity contribution in [2.24, 2.45) is 7.05 Å². The van der Waals surface area contributed by atoms with Crippen LogP contribution in [0.4, 0.5) is 0 Å². The second kappa shape index (κ2) is 4.92. The molecule has 1 rings (SSSR count). The van der Waals surface area contributed by atoms with Gasteiger partial charge in [-0.15, -0.1) is 0 Å². The number of aryl methyl sites for hydroxylation is 1. The maximum atomic E-state index is 11.6. The summed E-state index contributed by atoms with van der Waals surface area (Å²) in [6.07, 6.45) is 0.661. The third kappa shape index (κ3) is 2.13. The van der Waals surface area contributed by atoms with Crippen LogP contribution in [0.2, 0.25) is 0 Å². The topological polar surface area (TPSA) is 61.2 Å². The molecule has 0 N–H and O–H groups in total. The Kier molecular flexibility index (Phi) is 3.82. The highest BCUT2D eigenvalue weighted by atomic mass is 16.5. The lowest BCUT2D eigenvalue weighted by Crippen LogP contribution is -2.12. The summed E-state index contributed by atoms with van der Waals surface area (Å²) in [7, 11) is 1.63. The molecule has 0 saturated carbocycles. The zero-order valence-electron chi connectivity index (χ0n) is 9.98. The van der Waals surface area contributed by atoms with E-state index in [0.717, 1.165) is 0 Å². The van der Waals surface area contributed by atoms with Crippen LogP contribution in [0, 0.1) is 0 Å². The van der Waals surface area contributed by atoms with Gasteiger partial charge in [-0.1, -0.05) is 13.8 Å². The monoisotopic (exact) mass is 224 g/mol. The standard InChI is InChI=1S/C11H16N2O3/c1-5-16-11(15)10-8(6-14)9(7(2)3)12-13(10)4/h6-7H,5H2,1-4H3. The number of carbonyl (C=O) groups is 2. The Morgan fingerprint density at radius 1 is 1.56 bits per heavy atom. The van der Waals surface area contributed by atoms with E-state index in [-0.39, 0.29) is 18.2 Å². The summed E-state index contributed by atoms with van der Waals surface area (Å²) in [6, 6.07) is 0. The van der Waals surface area contributed by atoms with Crippen LogP contribution in [-0.2, 0) is 11.8 Å². The molecule has 0 saturated heterocycles. The van der Waals surface area contributed by atoms with Crippen LogP contribution in [0.1, 0.15) is 53.2 Å². The second-order valence-corrected chi connectivity index (χ2v) is 3.76. The van der Waals surface area contributed by atoms with Crippen LogP contribution >= 0.6 is 0 Å². The molecule has 16 heavy (non-hydrogen) atoms. The number of carbonyl (C=O) groups excluding carboxylic acids is 2. The van der Waals surface area contributed by atoms with E-state index in [1.807, 2.05) is 13.8 Å². The molecule has 1 aromatic rings. The number of aromatic nitrogens is 2. The summed E-state index contributed by atoms with van der Waals surface area (Å²) in [5, 5.41) is 4.17. The molecule has 0 bridgehead atoms. The van der Waals surface area contributed by atoms with Gasteiger partial charge in [-0.2, -0.15) is 5.10 Å². The van der Waals surface area contributed by atoms with Crippen LogP contribution in [0.3, 0.4) is 0 Å². The van der Waals surface area contributed by atoms with E-state index in [1.165, 1.54) is 4.68 Å². The van der Waals surface area contributed by atoms with Crippen molar-refractivity contribution in [1.82, 2.24) is 9.78 Å². The molecule has 0 aliphatic heterocycles. The average molecular weight is 224 g/mol. The maximum absolute atomic E-state index is 11.6. The van der Waals surface area contributed by atoms with Crippen molar-refractivity contribution >= 4 is 12.3 Å². The highest BCUT2D eigenvalue weighted by Gasteiger charge is 2.23. The highest BCUT2D eigenvalue weighted by Crippen LogP contribution is 2.20. The first-order valence-corrected chi connectivity index (χ1v) is 5.22. The van der Waals surface area contributed by atoms with Crippen LogP contribution in [0.15, 0.2) is 0 Å². The molecule has 0 aliphatic carbocycles. The Labute approximate surface area is 94.4 Å². The third-order valence-electron chi connectivity index (χ3n) is 2.25. The number of hydrogen-bond donors (Lipinski definition) is 0. The average Bonchev–Trinajstić information content (AvgIpc) is 2.55. The van der Waals surface area contributed by atoms with Gasteiger partial charge in [-0.25, -0.2) is 4.79 Å². The van der Waals surface area contributed by atoms with E-state index in [4.69, 9.17) is 4.74 Å². The summed E-state index contributed by atoms with van der Waals surface area (Å²) in [5.41, 5.74) is 1.18. The van der Waals surface area contributed by atoms with E-state index in [2.05, 4.69) is 5.10 Å². The van der Waals surface area contributed by atoms with Gasteiger partial charge >= 0.3 is 5.97 Å². The van der Waals surface area contributed by atoms with Crippen molar-refractivity contribution in [1.29, 1.82) is 0 Å². The first-order valence-electron chi connectivity index (χ1n) is 5.22. The molecule has 0 spiro atoms. The fourth-order valence-electron chi connectivity index (χ4n) is 1.55. The normalized spacial score (nSPS) is 10.6. The minimum Gasteiger partial charge on any atom is -0.461 e. The zero-order chi connectivity index (χ0) is 12.3. The molecule has 0 aliphatic rings. The molecule has 0 unspecified atom stereocenters. The number of rotatable bonds is 4. The summed E-state index contributed by atoms with van der Waals surface area (Å²) in [6.45, 7) is 5.84. The lowest BCUT2D eigenvalue weighted by Gasteiger charge is -2.02. The molecule has 0 radical (unpaired) electrons. The minimum atomic E-state index is -0.508. The Hall–Kier alpha value is -1.65. The lowest BCUT2D eigenvalue weighted by molar-refractivity contribution is 0.0511. The number of esters is 1. The van der Waals surface area contributed by atoms with Gasteiger partial charge in [0.1, 0.15) is 0 Å². The Balaban J connectivity index is 3.27. The molecule has 0 aromatic carbocycles. The largest absolute Gasteiger partial charge is 0.461 e. The van der Waals surface area contributed by atoms with Crippen molar-refractivity contribution in [3.8, 4) is 0 Å². The third-order valence-corrected chi connectivity index (χ3v) is 2.25. The van der Waals surface area contributed by atoms with Gasteiger partial charge < -0.3 is 4.74 Å². The SMILES string of the molecule is CCOC(=O)c1c(C=O)c(C(C)C)nn1C. The van der Waals surface area contributed by atoms with Crippen LogP contribution in [0.25, 0.3) is 0 Å². The quantitative estimate of drug-likeness (QED) is 0.575. The van der Waals surface area contributed by atoms with Crippen LogP contribution in [-0.4, -0.2) is 28.6 Å². The molecule has 5 nitrogen and oxygen atoms in total. The van der Waals surface area contributed by atoms with Crippen molar-refractivity contribution in [3.63, 3.8) is 0 Å². The molecule has 88 valence electrons.